The van der Waals surface area contributed by atoms with Crippen molar-refractivity contribution >= 4 is 29.0 Å². The van der Waals surface area contributed by atoms with Crippen molar-refractivity contribution in [2.75, 3.05) is 5.32 Å². The molecule has 0 saturated carbocycles. The number of hydrogen-bond acceptors (Lipinski definition) is 2. The second kappa shape index (κ2) is 5.89. The van der Waals surface area contributed by atoms with Crippen LogP contribution in [0.15, 0.2) is 42.5 Å². The lowest BCUT2D eigenvalue weighted by Gasteiger charge is -2.23. The molecule has 3 rings (SSSR count). The van der Waals surface area contributed by atoms with Crippen molar-refractivity contribution < 1.29 is 14.0 Å². The van der Waals surface area contributed by atoms with Crippen molar-refractivity contribution in [1.82, 2.24) is 0 Å². The third-order valence-electron chi connectivity index (χ3n) is 3.80. The van der Waals surface area contributed by atoms with Gasteiger partial charge in [0, 0.05) is 17.7 Å². The van der Waals surface area contributed by atoms with Crippen LogP contribution in [0, 0.1) is 5.82 Å². The minimum absolute atomic E-state index is 0.0444. The predicted octanol–water partition coefficient (Wildman–Crippen LogP) is 4.18. The van der Waals surface area contributed by atoms with Gasteiger partial charge < -0.3 is 5.32 Å². The van der Waals surface area contributed by atoms with Crippen LogP contribution in [0.3, 0.4) is 0 Å². The number of ketones is 1. The quantitative estimate of drug-likeness (QED) is 0.903. The summed E-state index contributed by atoms with van der Waals surface area (Å²) in [6.45, 7) is 0. The number of Topliss-reactive ketones (excluding diaryl/α,β-unsaturated/α-hetero) is 1. The molecule has 3 nitrogen and oxygen atoms in total. The minimum atomic E-state index is -0.534. The standard InChI is InChI=1S/C17H13ClFNO2/c18-14-9-10(5-7-15(14)19)20-17(22)13-6-8-16(21)12-4-2-1-3-11(12)13/h1-5,7,9,13H,6,8H2,(H,20,22). The van der Waals surface area contributed by atoms with Gasteiger partial charge in [-0.25, -0.2) is 4.39 Å². The number of anilines is 1. The van der Waals surface area contributed by atoms with Crippen LogP contribution in [0.1, 0.15) is 34.7 Å². The van der Waals surface area contributed by atoms with Gasteiger partial charge in [-0.1, -0.05) is 35.9 Å². The van der Waals surface area contributed by atoms with E-state index in [-0.39, 0.29) is 16.7 Å². The molecular formula is C17H13ClFNO2. The predicted molar refractivity (Wildman–Crippen MR) is 82.8 cm³/mol. The molecule has 0 aliphatic heterocycles. The van der Waals surface area contributed by atoms with E-state index in [0.717, 1.165) is 5.56 Å². The number of hydrogen-bond donors (Lipinski definition) is 1. The van der Waals surface area contributed by atoms with Crippen molar-refractivity contribution in [3.63, 3.8) is 0 Å². The minimum Gasteiger partial charge on any atom is -0.326 e. The number of fused-ring (bicyclic) bond motifs is 1. The lowest BCUT2D eigenvalue weighted by Crippen LogP contribution is -2.26. The summed E-state index contributed by atoms with van der Waals surface area (Å²) in [6.07, 6.45) is 0.815. The fourth-order valence-electron chi connectivity index (χ4n) is 2.70. The summed E-state index contributed by atoms with van der Waals surface area (Å²) in [4.78, 5) is 24.4. The Morgan fingerprint density at radius 2 is 2.00 bits per heavy atom. The van der Waals surface area contributed by atoms with Gasteiger partial charge in [0.15, 0.2) is 5.78 Å². The molecule has 112 valence electrons. The fourth-order valence-corrected chi connectivity index (χ4v) is 2.88. The van der Waals surface area contributed by atoms with E-state index in [0.29, 0.717) is 24.1 Å². The molecule has 0 fully saturated rings. The summed E-state index contributed by atoms with van der Waals surface area (Å²) in [6, 6.07) is 11.2. The number of nitrogens with one attached hydrogen (secondary N) is 1. The number of carbonyl (C=O) groups is 2. The summed E-state index contributed by atoms with van der Waals surface area (Å²) in [5.74, 6) is -1.09. The maximum atomic E-state index is 13.1. The second-order valence-corrected chi connectivity index (χ2v) is 5.63. The molecule has 0 radical (unpaired) electrons. The molecule has 2 aromatic rings. The molecule has 0 bridgehead atoms. The molecular weight excluding hydrogens is 305 g/mol. The molecule has 22 heavy (non-hydrogen) atoms. The summed E-state index contributed by atoms with van der Waals surface area (Å²) in [7, 11) is 0. The molecule has 0 heterocycles. The van der Waals surface area contributed by atoms with Crippen molar-refractivity contribution in [3.8, 4) is 0 Å². The fraction of sp³-hybridized carbons (Fsp3) is 0.176. The zero-order chi connectivity index (χ0) is 15.7. The number of rotatable bonds is 2. The van der Waals surface area contributed by atoms with E-state index in [1.54, 1.807) is 18.2 Å². The van der Waals surface area contributed by atoms with Crippen LogP contribution in [0.5, 0.6) is 0 Å². The molecule has 1 amide bonds. The lowest BCUT2D eigenvalue weighted by molar-refractivity contribution is -0.117. The molecule has 1 atom stereocenters. The van der Waals surface area contributed by atoms with Crippen LogP contribution in [-0.2, 0) is 4.79 Å². The molecule has 1 unspecified atom stereocenters. The monoisotopic (exact) mass is 317 g/mol. The van der Waals surface area contributed by atoms with Crippen LogP contribution in [0.25, 0.3) is 0 Å². The maximum absolute atomic E-state index is 13.1. The van der Waals surface area contributed by atoms with Gasteiger partial charge in [0.1, 0.15) is 5.82 Å². The van der Waals surface area contributed by atoms with Crippen LogP contribution >= 0.6 is 11.6 Å². The van der Waals surface area contributed by atoms with Crippen LogP contribution in [-0.4, -0.2) is 11.7 Å². The maximum Gasteiger partial charge on any atom is 0.231 e. The Morgan fingerprint density at radius 3 is 2.77 bits per heavy atom. The second-order valence-electron chi connectivity index (χ2n) is 5.22. The third kappa shape index (κ3) is 2.74. The first-order chi connectivity index (χ1) is 10.6. The van der Waals surface area contributed by atoms with Gasteiger partial charge in [-0.05, 0) is 30.2 Å². The number of carbonyl (C=O) groups excluding carboxylic acids is 2. The van der Waals surface area contributed by atoms with Gasteiger partial charge in [0.25, 0.3) is 0 Å². The van der Waals surface area contributed by atoms with Gasteiger partial charge in [-0.2, -0.15) is 0 Å². The zero-order valence-electron chi connectivity index (χ0n) is 11.6. The first kappa shape index (κ1) is 14.7. The smallest absolute Gasteiger partial charge is 0.231 e. The average Bonchev–Trinajstić information content (AvgIpc) is 2.51. The molecule has 0 saturated heterocycles. The number of amides is 1. The van der Waals surface area contributed by atoms with Gasteiger partial charge in [0.05, 0.1) is 10.9 Å². The van der Waals surface area contributed by atoms with Crippen molar-refractivity contribution in [3.05, 3.63) is 64.4 Å². The summed E-state index contributed by atoms with van der Waals surface area (Å²) < 4.78 is 13.1. The molecule has 0 spiro atoms. The van der Waals surface area contributed by atoms with E-state index in [4.69, 9.17) is 11.6 Å². The van der Waals surface area contributed by atoms with E-state index in [2.05, 4.69) is 5.32 Å². The van der Waals surface area contributed by atoms with E-state index in [9.17, 15) is 14.0 Å². The first-order valence-electron chi connectivity index (χ1n) is 6.94. The molecule has 1 aliphatic carbocycles. The Morgan fingerprint density at radius 1 is 1.23 bits per heavy atom. The van der Waals surface area contributed by atoms with E-state index in [1.165, 1.54) is 18.2 Å². The van der Waals surface area contributed by atoms with Crippen LogP contribution in [0.4, 0.5) is 10.1 Å². The number of benzene rings is 2. The van der Waals surface area contributed by atoms with E-state index < -0.39 is 11.7 Å². The highest BCUT2D eigenvalue weighted by atomic mass is 35.5. The summed E-state index contributed by atoms with van der Waals surface area (Å²) in [5, 5.41) is 2.69. The largest absolute Gasteiger partial charge is 0.326 e. The van der Waals surface area contributed by atoms with Gasteiger partial charge >= 0.3 is 0 Å². The molecule has 1 aliphatic rings. The van der Waals surface area contributed by atoms with Crippen molar-refractivity contribution in [2.24, 2.45) is 0 Å². The third-order valence-corrected chi connectivity index (χ3v) is 4.09. The first-order valence-corrected chi connectivity index (χ1v) is 7.32. The Balaban J connectivity index is 1.85. The Kier molecular flexibility index (Phi) is 3.94. The average molecular weight is 318 g/mol. The number of halogens is 2. The Bertz CT molecular complexity index is 760. The highest BCUT2D eigenvalue weighted by Crippen LogP contribution is 2.32. The molecule has 5 heteroatoms. The highest BCUT2D eigenvalue weighted by molar-refractivity contribution is 6.31. The van der Waals surface area contributed by atoms with Crippen molar-refractivity contribution in [1.29, 1.82) is 0 Å². The topological polar surface area (TPSA) is 46.2 Å². The van der Waals surface area contributed by atoms with E-state index in [1.807, 2.05) is 6.07 Å². The Labute approximate surface area is 132 Å². The van der Waals surface area contributed by atoms with Gasteiger partial charge in [-0.3, -0.25) is 9.59 Å². The lowest BCUT2D eigenvalue weighted by atomic mass is 9.81. The summed E-state index contributed by atoms with van der Waals surface area (Å²) in [5.41, 5.74) is 1.78. The van der Waals surface area contributed by atoms with Gasteiger partial charge in [0.2, 0.25) is 5.91 Å². The Hall–Kier alpha value is -2.20. The van der Waals surface area contributed by atoms with Crippen LogP contribution < -0.4 is 5.32 Å². The zero-order valence-corrected chi connectivity index (χ0v) is 12.4. The van der Waals surface area contributed by atoms with Crippen molar-refractivity contribution in [2.45, 2.75) is 18.8 Å². The highest BCUT2D eigenvalue weighted by Gasteiger charge is 2.30. The SMILES string of the molecule is O=C1CCC(C(=O)Nc2ccc(F)c(Cl)c2)c2ccccc21. The van der Waals surface area contributed by atoms with Crippen LogP contribution in [0.2, 0.25) is 5.02 Å². The normalized spacial score (nSPS) is 17.0. The van der Waals surface area contributed by atoms with Gasteiger partial charge in [-0.15, -0.1) is 0 Å². The molecule has 0 aromatic heterocycles. The molecule has 1 N–H and O–H groups in total. The molecule has 2 aromatic carbocycles. The van der Waals surface area contributed by atoms with E-state index >= 15 is 0 Å². The summed E-state index contributed by atoms with van der Waals surface area (Å²) >= 11 is 5.71.